The molecule has 1 aliphatic heterocycles. The third-order valence-electron chi connectivity index (χ3n) is 5.79. The van der Waals surface area contributed by atoms with E-state index in [9.17, 15) is 9.18 Å². The number of aromatic nitrogens is 5. The SMILES string of the molecule is O=C(Nc1cccc(-c2nncn2CC2CC2)c1)c1cc2c(cc1F)OCc1cncn1-2. The number of carbonyl (C=O) groups excluding carboxylic acids is 1. The Morgan fingerprint density at radius 3 is 3.00 bits per heavy atom. The molecule has 0 bridgehead atoms. The van der Waals surface area contributed by atoms with Crippen LogP contribution in [0.2, 0.25) is 0 Å². The first kappa shape index (κ1) is 18.7. The molecular weight excluding hydrogens is 411 g/mol. The molecule has 2 aromatic carbocycles. The van der Waals surface area contributed by atoms with E-state index < -0.39 is 11.7 Å². The number of imidazole rings is 1. The van der Waals surface area contributed by atoms with Crippen molar-refractivity contribution in [3.8, 4) is 22.8 Å². The standard InChI is InChI=1S/C23H19FN6O2/c24-19-8-21-20(30-12-25-9-17(30)11-32-21)7-18(19)23(31)27-16-3-1-2-15(6-16)22-28-26-13-29(22)10-14-4-5-14/h1-3,6-9,12-14H,4-5,10-11H2,(H,27,31). The van der Waals surface area contributed by atoms with E-state index in [1.54, 1.807) is 29.5 Å². The first-order chi connectivity index (χ1) is 15.7. The number of nitrogens with zero attached hydrogens (tertiary/aromatic N) is 5. The van der Waals surface area contributed by atoms with Gasteiger partial charge in [0.2, 0.25) is 0 Å². The van der Waals surface area contributed by atoms with Crippen LogP contribution in [0.25, 0.3) is 17.1 Å². The minimum absolute atomic E-state index is 0.0730. The van der Waals surface area contributed by atoms with Gasteiger partial charge < -0.3 is 14.6 Å². The molecular formula is C23H19FN6O2. The van der Waals surface area contributed by atoms with Crippen LogP contribution >= 0.6 is 0 Å². The second-order valence-corrected chi connectivity index (χ2v) is 8.13. The molecule has 9 heteroatoms. The average Bonchev–Trinajstić information content (AvgIpc) is 3.27. The number of benzene rings is 2. The molecule has 1 fully saturated rings. The quantitative estimate of drug-likeness (QED) is 0.520. The Labute approximate surface area is 182 Å². The maximum atomic E-state index is 14.7. The summed E-state index contributed by atoms with van der Waals surface area (Å²) < 4.78 is 24.1. The molecule has 160 valence electrons. The van der Waals surface area contributed by atoms with Crippen LogP contribution in [0.15, 0.2) is 55.2 Å². The maximum Gasteiger partial charge on any atom is 0.258 e. The number of anilines is 1. The molecule has 0 spiro atoms. The number of nitrogens with one attached hydrogen (secondary N) is 1. The molecule has 2 aliphatic rings. The summed E-state index contributed by atoms with van der Waals surface area (Å²) in [6.45, 7) is 1.19. The van der Waals surface area contributed by atoms with Crippen molar-refractivity contribution >= 4 is 11.6 Å². The highest BCUT2D eigenvalue weighted by Crippen LogP contribution is 2.33. The minimum Gasteiger partial charge on any atom is -0.485 e. The zero-order valence-corrected chi connectivity index (χ0v) is 17.0. The molecule has 6 rings (SSSR count). The molecule has 0 atom stereocenters. The third kappa shape index (κ3) is 3.31. The number of ether oxygens (including phenoxy) is 1. The van der Waals surface area contributed by atoms with Gasteiger partial charge in [-0.3, -0.25) is 9.36 Å². The van der Waals surface area contributed by atoms with Gasteiger partial charge in [-0.15, -0.1) is 10.2 Å². The molecule has 1 aliphatic carbocycles. The van der Waals surface area contributed by atoms with Crippen LogP contribution < -0.4 is 10.1 Å². The van der Waals surface area contributed by atoms with Crippen molar-refractivity contribution in [2.45, 2.75) is 26.0 Å². The number of hydrogen-bond donors (Lipinski definition) is 1. The molecule has 0 saturated heterocycles. The first-order valence-electron chi connectivity index (χ1n) is 10.4. The van der Waals surface area contributed by atoms with Crippen LogP contribution in [-0.4, -0.2) is 30.2 Å². The summed E-state index contributed by atoms with van der Waals surface area (Å²) in [6.07, 6.45) is 7.49. The Morgan fingerprint density at radius 1 is 1.22 bits per heavy atom. The molecule has 0 radical (unpaired) electrons. The molecule has 4 aromatic rings. The van der Waals surface area contributed by atoms with Crippen LogP contribution in [0, 0.1) is 11.7 Å². The highest BCUT2D eigenvalue weighted by molar-refractivity contribution is 6.05. The fourth-order valence-corrected chi connectivity index (χ4v) is 3.94. The minimum atomic E-state index is -0.648. The lowest BCUT2D eigenvalue weighted by atomic mass is 10.1. The monoisotopic (exact) mass is 430 g/mol. The van der Waals surface area contributed by atoms with Crippen molar-refractivity contribution in [1.82, 2.24) is 24.3 Å². The van der Waals surface area contributed by atoms with E-state index in [1.807, 2.05) is 22.8 Å². The third-order valence-corrected chi connectivity index (χ3v) is 5.79. The Bertz CT molecular complexity index is 1340. The van der Waals surface area contributed by atoms with Crippen LogP contribution in [0.3, 0.4) is 0 Å². The Balaban J connectivity index is 1.28. The summed E-state index contributed by atoms with van der Waals surface area (Å²) in [5.41, 5.74) is 2.72. The van der Waals surface area contributed by atoms with E-state index >= 15 is 0 Å². The summed E-state index contributed by atoms with van der Waals surface area (Å²) in [6, 6.07) is 10.1. The number of carbonyl (C=O) groups is 1. The Hall–Kier alpha value is -4.01. The lowest BCUT2D eigenvalue weighted by Crippen LogP contribution is -2.17. The summed E-state index contributed by atoms with van der Waals surface area (Å²) in [7, 11) is 0. The smallest absolute Gasteiger partial charge is 0.258 e. The molecule has 1 N–H and O–H groups in total. The van der Waals surface area contributed by atoms with Gasteiger partial charge in [0.15, 0.2) is 5.82 Å². The fraction of sp³-hybridized carbons (Fsp3) is 0.217. The van der Waals surface area contributed by atoms with Gasteiger partial charge in [-0.05, 0) is 37.0 Å². The second-order valence-electron chi connectivity index (χ2n) is 8.13. The molecule has 2 aromatic heterocycles. The number of halogens is 1. The highest BCUT2D eigenvalue weighted by atomic mass is 19.1. The van der Waals surface area contributed by atoms with Gasteiger partial charge in [0.25, 0.3) is 5.91 Å². The maximum absolute atomic E-state index is 14.7. The van der Waals surface area contributed by atoms with Gasteiger partial charge in [0, 0.05) is 23.9 Å². The topological polar surface area (TPSA) is 86.9 Å². The van der Waals surface area contributed by atoms with E-state index in [0.717, 1.165) is 23.6 Å². The predicted octanol–water partition coefficient (Wildman–Crippen LogP) is 3.82. The summed E-state index contributed by atoms with van der Waals surface area (Å²) >= 11 is 0. The lowest BCUT2D eigenvalue weighted by molar-refractivity contribution is 0.102. The van der Waals surface area contributed by atoms with E-state index in [0.29, 0.717) is 29.6 Å². The van der Waals surface area contributed by atoms with Gasteiger partial charge in [0.05, 0.1) is 29.5 Å². The molecule has 1 saturated carbocycles. The van der Waals surface area contributed by atoms with E-state index in [1.165, 1.54) is 25.0 Å². The van der Waals surface area contributed by atoms with Crippen molar-refractivity contribution in [1.29, 1.82) is 0 Å². The summed E-state index contributed by atoms with van der Waals surface area (Å²) in [5, 5.41) is 11.1. The summed E-state index contributed by atoms with van der Waals surface area (Å²) in [5.74, 6) is 0.609. The summed E-state index contributed by atoms with van der Waals surface area (Å²) in [4.78, 5) is 17.0. The van der Waals surface area contributed by atoms with Crippen molar-refractivity contribution in [2.24, 2.45) is 5.92 Å². The van der Waals surface area contributed by atoms with Crippen LogP contribution in [0.1, 0.15) is 28.9 Å². The van der Waals surface area contributed by atoms with Crippen molar-refractivity contribution in [3.63, 3.8) is 0 Å². The van der Waals surface area contributed by atoms with Gasteiger partial charge in [0.1, 0.15) is 24.5 Å². The molecule has 1 amide bonds. The molecule has 32 heavy (non-hydrogen) atoms. The number of hydrogen-bond acceptors (Lipinski definition) is 5. The van der Waals surface area contributed by atoms with E-state index in [2.05, 4.69) is 20.5 Å². The second kappa shape index (κ2) is 7.30. The van der Waals surface area contributed by atoms with Gasteiger partial charge in [-0.2, -0.15) is 0 Å². The van der Waals surface area contributed by atoms with Crippen molar-refractivity contribution in [2.75, 3.05) is 5.32 Å². The Morgan fingerprint density at radius 2 is 2.12 bits per heavy atom. The van der Waals surface area contributed by atoms with Crippen molar-refractivity contribution in [3.05, 3.63) is 72.3 Å². The van der Waals surface area contributed by atoms with Crippen LogP contribution in [-0.2, 0) is 13.2 Å². The lowest BCUT2D eigenvalue weighted by Gasteiger charge is -2.20. The number of amides is 1. The van der Waals surface area contributed by atoms with Gasteiger partial charge in [-0.1, -0.05) is 12.1 Å². The van der Waals surface area contributed by atoms with E-state index in [-0.39, 0.29) is 5.56 Å². The Kier molecular flexibility index (Phi) is 4.27. The van der Waals surface area contributed by atoms with Gasteiger partial charge in [-0.25, -0.2) is 9.37 Å². The zero-order valence-electron chi connectivity index (χ0n) is 17.0. The molecule has 3 heterocycles. The molecule has 0 unspecified atom stereocenters. The van der Waals surface area contributed by atoms with Crippen molar-refractivity contribution < 1.29 is 13.9 Å². The van der Waals surface area contributed by atoms with E-state index in [4.69, 9.17) is 4.74 Å². The van der Waals surface area contributed by atoms with Gasteiger partial charge >= 0.3 is 0 Å². The number of fused-ring (bicyclic) bond motifs is 3. The average molecular weight is 430 g/mol. The number of rotatable bonds is 5. The normalized spacial score (nSPS) is 14.4. The van der Waals surface area contributed by atoms with Crippen LogP contribution in [0.5, 0.6) is 5.75 Å². The fourth-order valence-electron chi connectivity index (χ4n) is 3.94. The molecule has 8 nitrogen and oxygen atoms in total. The predicted molar refractivity (Wildman–Crippen MR) is 114 cm³/mol. The largest absolute Gasteiger partial charge is 0.485 e. The zero-order chi connectivity index (χ0) is 21.7. The van der Waals surface area contributed by atoms with Crippen LogP contribution in [0.4, 0.5) is 10.1 Å². The highest BCUT2D eigenvalue weighted by Gasteiger charge is 2.24. The first-order valence-corrected chi connectivity index (χ1v) is 10.4.